The van der Waals surface area contributed by atoms with Crippen molar-refractivity contribution in [3.63, 3.8) is 0 Å². The highest BCUT2D eigenvalue weighted by molar-refractivity contribution is 5.79. The first-order valence-corrected chi connectivity index (χ1v) is 7.43. The van der Waals surface area contributed by atoms with E-state index in [1.807, 2.05) is 0 Å². The minimum atomic E-state index is -0.602. The van der Waals surface area contributed by atoms with E-state index in [9.17, 15) is 14.4 Å². The van der Waals surface area contributed by atoms with E-state index >= 15 is 0 Å². The quantitative estimate of drug-likeness (QED) is 0.487. The van der Waals surface area contributed by atoms with Gasteiger partial charge >= 0.3 is 5.69 Å². The minimum Gasteiger partial charge on any atom is -0.394 e. The zero-order valence-electron chi connectivity index (χ0n) is 12.9. The Hall–Kier alpha value is -1.97. The predicted molar refractivity (Wildman–Crippen MR) is 80.3 cm³/mol. The lowest BCUT2D eigenvalue weighted by atomic mass is 10.1. The van der Waals surface area contributed by atoms with Crippen LogP contribution in [0.4, 0.5) is 0 Å². The maximum absolute atomic E-state index is 12.2. The van der Waals surface area contributed by atoms with Gasteiger partial charge in [0.25, 0.3) is 5.56 Å². The summed E-state index contributed by atoms with van der Waals surface area (Å²) in [7, 11) is 0. The number of nitrogens with one attached hydrogen (secondary N) is 3. The van der Waals surface area contributed by atoms with Gasteiger partial charge in [-0.05, 0) is 13.3 Å². The molecule has 1 aromatic rings. The number of hydrogen-bond donors (Lipinski definition) is 4. The molecular formula is C14H21N3O6. The molecule has 2 heterocycles. The second-order valence-electron chi connectivity index (χ2n) is 5.36. The molecule has 4 N–H and O–H groups in total. The molecule has 128 valence electrons. The lowest BCUT2D eigenvalue weighted by molar-refractivity contribution is -0.125. The van der Waals surface area contributed by atoms with Crippen LogP contribution in [0.3, 0.4) is 0 Å². The number of aliphatic hydroxyl groups excluding tert-OH is 1. The molecule has 0 aromatic carbocycles. The number of H-pyrrole nitrogens is 2. The number of hydrogen-bond acceptors (Lipinski definition) is 6. The number of aliphatic hydroxyl groups is 1. The molecule has 2 rings (SSSR count). The summed E-state index contributed by atoms with van der Waals surface area (Å²) in [6.07, 6.45) is 0.222. The van der Waals surface area contributed by atoms with Gasteiger partial charge in [0.2, 0.25) is 5.91 Å². The molecule has 0 aliphatic carbocycles. The van der Waals surface area contributed by atoms with Gasteiger partial charge in [0.05, 0.1) is 38.4 Å². The van der Waals surface area contributed by atoms with Crippen molar-refractivity contribution in [3.05, 3.63) is 32.1 Å². The molecule has 9 nitrogen and oxygen atoms in total. The Labute approximate surface area is 132 Å². The molecule has 0 unspecified atom stereocenters. The van der Waals surface area contributed by atoms with Crippen LogP contribution in [0.25, 0.3) is 0 Å². The average Bonchev–Trinajstić information content (AvgIpc) is 2.50. The highest BCUT2D eigenvalue weighted by atomic mass is 16.5. The molecule has 1 aliphatic heterocycles. The van der Waals surface area contributed by atoms with Crippen LogP contribution in [0.5, 0.6) is 0 Å². The first kappa shape index (κ1) is 17.4. The smallest absolute Gasteiger partial charge is 0.325 e. The lowest BCUT2D eigenvalue weighted by Crippen LogP contribution is -2.51. The molecule has 1 amide bonds. The van der Waals surface area contributed by atoms with Crippen LogP contribution in [0.2, 0.25) is 0 Å². The van der Waals surface area contributed by atoms with Crippen LogP contribution < -0.4 is 16.6 Å². The maximum atomic E-state index is 12.2. The van der Waals surface area contributed by atoms with Crippen LogP contribution in [0.1, 0.15) is 17.7 Å². The molecule has 0 saturated carbocycles. The van der Waals surface area contributed by atoms with Gasteiger partial charge in [-0.25, -0.2) is 4.79 Å². The van der Waals surface area contributed by atoms with Gasteiger partial charge in [-0.15, -0.1) is 0 Å². The van der Waals surface area contributed by atoms with Crippen LogP contribution in [0, 0.1) is 6.92 Å². The van der Waals surface area contributed by atoms with Crippen LogP contribution in [0.15, 0.2) is 9.59 Å². The summed E-state index contributed by atoms with van der Waals surface area (Å²) < 4.78 is 10.8. The summed E-state index contributed by atoms with van der Waals surface area (Å²) >= 11 is 0. The molecule has 0 radical (unpaired) electrons. The number of aryl methyl sites for hydroxylation is 1. The summed E-state index contributed by atoms with van der Waals surface area (Å²) in [4.78, 5) is 39.6. The van der Waals surface area contributed by atoms with Gasteiger partial charge in [-0.3, -0.25) is 14.6 Å². The monoisotopic (exact) mass is 327 g/mol. The molecule has 23 heavy (non-hydrogen) atoms. The molecule has 1 saturated heterocycles. The molecule has 1 fully saturated rings. The van der Waals surface area contributed by atoms with Crippen molar-refractivity contribution in [2.75, 3.05) is 26.4 Å². The third-order valence-corrected chi connectivity index (χ3v) is 3.65. The van der Waals surface area contributed by atoms with E-state index in [0.717, 1.165) is 0 Å². The topological polar surface area (TPSA) is 134 Å². The van der Waals surface area contributed by atoms with Crippen molar-refractivity contribution in [1.29, 1.82) is 0 Å². The van der Waals surface area contributed by atoms with Gasteiger partial charge in [-0.1, -0.05) is 0 Å². The van der Waals surface area contributed by atoms with Crippen molar-refractivity contribution in [1.82, 2.24) is 15.3 Å². The van der Waals surface area contributed by atoms with Crippen LogP contribution in [-0.2, 0) is 20.7 Å². The number of aromatic nitrogens is 2. The molecule has 1 aromatic heterocycles. The number of carbonyl (C=O) groups is 1. The Morgan fingerprint density at radius 3 is 2.91 bits per heavy atom. The summed E-state index contributed by atoms with van der Waals surface area (Å²) in [6, 6.07) is -0.343. The number of rotatable bonds is 6. The van der Waals surface area contributed by atoms with Gasteiger partial charge in [0, 0.05) is 17.9 Å². The number of carbonyl (C=O) groups excluding carboxylic acids is 1. The number of ether oxygens (including phenoxy) is 2. The van der Waals surface area contributed by atoms with E-state index in [1.54, 1.807) is 6.92 Å². The van der Waals surface area contributed by atoms with Crippen LogP contribution >= 0.6 is 0 Å². The zero-order valence-corrected chi connectivity index (χ0v) is 12.9. The fourth-order valence-electron chi connectivity index (χ4n) is 2.51. The highest BCUT2D eigenvalue weighted by Crippen LogP contribution is 2.12. The van der Waals surface area contributed by atoms with Crippen molar-refractivity contribution >= 4 is 5.91 Å². The second-order valence-corrected chi connectivity index (χ2v) is 5.36. The van der Waals surface area contributed by atoms with Crippen LogP contribution in [-0.4, -0.2) is 59.6 Å². The van der Waals surface area contributed by atoms with Crippen molar-refractivity contribution in [2.45, 2.75) is 31.9 Å². The molecule has 9 heteroatoms. The fourth-order valence-corrected chi connectivity index (χ4v) is 2.51. The Bertz CT molecular complexity index is 653. The molecule has 0 bridgehead atoms. The normalized spacial score (nSPS) is 21.1. The number of amides is 1. The SMILES string of the molecule is Cc1[nH]c(=O)[nH]c(=O)c1CC(=O)N[C@@H]1COCC[C@@H]1OCCO. The molecule has 0 spiro atoms. The fraction of sp³-hybridized carbons (Fsp3) is 0.643. The van der Waals surface area contributed by atoms with Gasteiger partial charge in [-0.2, -0.15) is 0 Å². The molecule has 2 atom stereocenters. The molecular weight excluding hydrogens is 306 g/mol. The first-order valence-electron chi connectivity index (χ1n) is 7.43. The summed E-state index contributed by atoms with van der Waals surface area (Å²) in [5.41, 5.74) is -0.599. The van der Waals surface area contributed by atoms with Crippen molar-refractivity contribution in [2.24, 2.45) is 0 Å². The number of aromatic amines is 2. The first-order chi connectivity index (χ1) is 11.0. The lowest BCUT2D eigenvalue weighted by Gasteiger charge is -2.32. The van der Waals surface area contributed by atoms with E-state index in [2.05, 4.69) is 15.3 Å². The van der Waals surface area contributed by atoms with Gasteiger partial charge < -0.3 is 24.9 Å². The Morgan fingerprint density at radius 2 is 2.22 bits per heavy atom. The third-order valence-electron chi connectivity index (χ3n) is 3.65. The van der Waals surface area contributed by atoms with Crippen molar-refractivity contribution in [3.8, 4) is 0 Å². The second kappa shape index (κ2) is 8.04. The van der Waals surface area contributed by atoms with E-state index in [-0.39, 0.29) is 43.3 Å². The minimum absolute atomic E-state index is 0.0933. The largest absolute Gasteiger partial charge is 0.394 e. The standard InChI is InChI=1S/C14H21N3O6/c1-8-9(13(20)17-14(21)15-8)6-12(19)16-10-7-22-4-2-11(10)23-5-3-18/h10-11,18H,2-7H2,1H3,(H,16,19)(H2,15,17,20,21)/t10-,11+/m1/s1. The van der Waals surface area contributed by atoms with Crippen molar-refractivity contribution < 1.29 is 19.4 Å². The van der Waals surface area contributed by atoms with Gasteiger partial charge in [0.1, 0.15) is 0 Å². The zero-order chi connectivity index (χ0) is 16.8. The van der Waals surface area contributed by atoms with E-state index < -0.39 is 11.2 Å². The Morgan fingerprint density at radius 1 is 1.43 bits per heavy atom. The Balaban J connectivity index is 2.01. The summed E-state index contributed by atoms with van der Waals surface area (Å²) in [6.45, 7) is 2.50. The summed E-state index contributed by atoms with van der Waals surface area (Å²) in [5.74, 6) is -0.362. The molecule has 1 aliphatic rings. The third kappa shape index (κ3) is 4.75. The summed E-state index contributed by atoms with van der Waals surface area (Å²) in [5, 5.41) is 11.6. The van der Waals surface area contributed by atoms with E-state index in [1.165, 1.54) is 0 Å². The predicted octanol–water partition coefficient (Wildman–Crippen LogP) is -1.80. The highest BCUT2D eigenvalue weighted by Gasteiger charge is 2.28. The maximum Gasteiger partial charge on any atom is 0.325 e. The van der Waals surface area contributed by atoms with E-state index in [0.29, 0.717) is 25.3 Å². The van der Waals surface area contributed by atoms with E-state index in [4.69, 9.17) is 14.6 Å². The van der Waals surface area contributed by atoms with Gasteiger partial charge in [0.15, 0.2) is 0 Å². The Kier molecular flexibility index (Phi) is 6.08. The average molecular weight is 327 g/mol.